The summed E-state index contributed by atoms with van der Waals surface area (Å²) >= 11 is 0. The fourth-order valence-corrected chi connectivity index (χ4v) is 3.54. The molecule has 0 radical (unpaired) electrons. The summed E-state index contributed by atoms with van der Waals surface area (Å²) in [4.78, 5) is 40.5. The van der Waals surface area contributed by atoms with Gasteiger partial charge in [0.25, 0.3) is 0 Å². The molecule has 9 nitrogen and oxygen atoms in total. The van der Waals surface area contributed by atoms with Gasteiger partial charge < -0.3 is 19.9 Å². The molecule has 1 unspecified atom stereocenters. The highest BCUT2D eigenvalue weighted by atomic mass is 16.5. The van der Waals surface area contributed by atoms with Crippen LogP contribution in [0.15, 0.2) is 0 Å². The number of hydrogen-bond donors (Lipinski definition) is 1. The van der Waals surface area contributed by atoms with E-state index in [1.165, 1.54) is 5.01 Å². The number of carbonyl (C=O) groups is 3. The summed E-state index contributed by atoms with van der Waals surface area (Å²) in [6, 6.07) is -0.515. The Morgan fingerprint density at radius 2 is 2.08 bits per heavy atom. The van der Waals surface area contributed by atoms with Gasteiger partial charge in [0.1, 0.15) is 12.2 Å². The summed E-state index contributed by atoms with van der Waals surface area (Å²) < 4.78 is 5.07. The lowest BCUT2D eigenvalue weighted by atomic mass is 10.0. The van der Waals surface area contributed by atoms with Crippen LogP contribution >= 0.6 is 0 Å². The van der Waals surface area contributed by atoms with Gasteiger partial charge in [0.05, 0.1) is 13.1 Å². The van der Waals surface area contributed by atoms with Crippen LogP contribution in [0.1, 0.15) is 19.3 Å². The highest BCUT2D eigenvalue weighted by molar-refractivity contribution is 5.90. The molecular formula is C16H29N5O4. The topological polar surface area (TPSA) is 85.4 Å². The Balaban J connectivity index is 2.21. The number of hydrazine groups is 1. The molecule has 25 heavy (non-hydrogen) atoms. The standard InChI is InChI=1S/C16H29N5O4/c1-17-7-4-6-13-16(24)19(8-5-9-25-3)10-14-20(12-22)18(2)11-15(23)21(13)14/h12-14,17H,4-11H2,1-3H3/t13-,14?/m0/s1. The number of methoxy groups -OCH3 is 1. The van der Waals surface area contributed by atoms with Crippen LogP contribution in [0.2, 0.25) is 0 Å². The van der Waals surface area contributed by atoms with Crippen LogP contribution in [0.5, 0.6) is 0 Å². The molecule has 2 aliphatic rings. The van der Waals surface area contributed by atoms with E-state index in [1.807, 2.05) is 7.05 Å². The first kappa shape index (κ1) is 19.6. The number of hydrogen-bond acceptors (Lipinski definition) is 6. The maximum Gasteiger partial charge on any atom is 0.245 e. The summed E-state index contributed by atoms with van der Waals surface area (Å²) in [5.74, 6) is -0.142. The highest BCUT2D eigenvalue weighted by Crippen LogP contribution is 2.26. The van der Waals surface area contributed by atoms with Gasteiger partial charge in [0.15, 0.2) is 0 Å². The zero-order valence-electron chi connectivity index (χ0n) is 15.3. The van der Waals surface area contributed by atoms with Crippen molar-refractivity contribution in [3.63, 3.8) is 0 Å². The zero-order valence-corrected chi connectivity index (χ0v) is 15.3. The second-order valence-corrected chi connectivity index (χ2v) is 6.47. The third-order valence-electron chi connectivity index (χ3n) is 4.78. The molecule has 0 bridgehead atoms. The summed E-state index contributed by atoms with van der Waals surface area (Å²) in [6.07, 6.45) is 2.38. The average Bonchev–Trinajstić information content (AvgIpc) is 2.58. The van der Waals surface area contributed by atoms with E-state index in [0.717, 1.165) is 25.8 Å². The number of ether oxygens (including phenoxy) is 1. The monoisotopic (exact) mass is 355 g/mol. The van der Waals surface area contributed by atoms with E-state index in [4.69, 9.17) is 4.74 Å². The molecule has 0 spiro atoms. The maximum atomic E-state index is 12.9. The molecule has 3 amide bonds. The number of piperazine rings is 1. The lowest BCUT2D eigenvalue weighted by molar-refractivity contribution is -0.196. The average molecular weight is 355 g/mol. The Hall–Kier alpha value is -1.71. The maximum absolute atomic E-state index is 12.9. The van der Waals surface area contributed by atoms with Gasteiger partial charge >= 0.3 is 0 Å². The van der Waals surface area contributed by atoms with Crippen molar-refractivity contribution >= 4 is 18.2 Å². The van der Waals surface area contributed by atoms with Crippen molar-refractivity contribution in [3.8, 4) is 0 Å². The largest absolute Gasteiger partial charge is 0.385 e. The molecule has 0 aliphatic carbocycles. The molecule has 2 heterocycles. The van der Waals surface area contributed by atoms with E-state index in [1.54, 1.807) is 29.0 Å². The third-order valence-corrected chi connectivity index (χ3v) is 4.78. The van der Waals surface area contributed by atoms with Crippen LogP contribution in [0.3, 0.4) is 0 Å². The van der Waals surface area contributed by atoms with Crippen molar-refractivity contribution in [2.45, 2.75) is 31.5 Å². The van der Waals surface area contributed by atoms with Gasteiger partial charge in [-0.25, -0.2) is 5.01 Å². The lowest BCUT2D eigenvalue weighted by Gasteiger charge is -2.53. The molecule has 0 aromatic carbocycles. The number of fused-ring (bicyclic) bond motifs is 1. The predicted molar refractivity (Wildman–Crippen MR) is 91.2 cm³/mol. The fraction of sp³-hybridized carbons (Fsp3) is 0.812. The molecule has 0 saturated carbocycles. The van der Waals surface area contributed by atoms with E-state index in [-0.39, 0.29) is 18.4 Å². The summed E-state index contributed by atoms with van der Waals surface area (Å²) in [5.41, 5.74) is 0. The van der Waals surface area contributed by atoms with Gasteiger partial charge in [0.2, 0.25) is 18.2 Å². The van der Waals surface area contributed by atoms with Gasteiger partial charge in [-0.15, -0.1) is 0 Å². The van der Waals surface area contributed by atoms with Crippen molar-refractivity contribution in [1.82, 2.24) is 25.1 Å². The minimum absolute atomic E-state index is 0.0350. The predicted octanol–water partition coefficient (Wildman–Crippen LogP) is -1.29. The van der Waals surface area contributed by atoms with Crippen molar-refractivity contribution in [2.24, 2.45) is 0 Å². The van der Waals surface area contributed by atoms with Crippen molar-refractivity contribution in [3.05, 3.63) is 0 Å². The number of nitrogens with one attached hydrogen (secondary N) is 1. The molecule has 1 N–H and O–H groups in total. The SMILES string of the molecule is CNCCC[C@H]1C(=O)N(CCCOC)CC2N1C(=O)CN(C)N2C=O. The van der Waals surface area contributed by atoms with Crippen LogP contribution in [-0.2, 0) is 19.1 Å². The smallest absolute Gasteiger partial charge is 0.245 e. The van der Waals surface area contributed by atoms with E-state index >= 15 is 0 Å². The van der Waals surface area contributed by atoms with E-state index in [2.05, 4.69) is 5.32 Å². The van der Waals surface area contributed by atoms with Crippen molar-refractivity contribution < 1.29 is 19.1 Å². The molecule has 2 rings (SSSR count). The Morgan fingerprint density at radius 3 is 2.72 bits per heavy atom. The van der Waals surface area contributed by atoms with Gasteiger partial charge in [-0.1, -0.05) is 0 Å². The number of nitrogens with zero attached hydrogens (tertiary/aromatic N) is 4. The number of likely N-dealkylation sites (N-methyl/N-ethyl adjacent to an activating group) is 1. The van der Waals surface area contributed by atoms with Gasteiger partial charge in [0, 0.05) is 27.3 Å². The van der Waals surface area contributed by atoms with Crippen LogP contribution in [0, 0.1) is 0 Å². The Kier molecular flexibility index (Phi) is 7.15. The zero-order chi connectivity index (χ0) is 18.4. The molecule has 2 atom stereocenters. The second-order valence-electron chi connectivity index (χ2n) is 6.47. The summed E-state index contributed by atoms with van der Waals surface area (Å²) in [6.45, 7) is 2.34. The molecule has 2 aliphatic heterocycles. The third kappa shape index (κ3) is 4.28. The first-order valence-corrected chi connectivity index (χ1v) is 8.73. The van der Waals surface area contributed by atoms with E-state index in [9.17, 15) is 14.4 Å². The molecular weight excluding hydrogens is 326 g/mol. The van der Waals surface area contributed by atoms with Gasteiger partial charge in [-0.3, -0.25) is 19.4 Å². The Labute approximate surface area is 148 Å². The van der Waals surface area contributed by atoms with Crippen LogP contribution in [0.4, 0.5) is 0 Å². The summed E-state index contributed by atoms with van der Waals surface area (Å²) in [5, 5.41) is 6.20. The number of rotatable bonds is 9. The Morgan fingerprint density at radius 1 is 1.32 bits per heavy atom. The Bertz CT molecular complexity index is 489. The first-order valence-electron chi connectivity index (χ1n) is 8.73. The first-order chi connectivity index (χ1) is 12.0. The van der Waals surface area contributed by atoms with E-state index < -0.39 is 12.2 Å². The normalized spacial score (nSPS) is 24.7. The van der Waals surface area contributed by atoms with E-state index in [0.29, 0.717) is 26.1 Å². The van der Waals surface area contributed by atoms with Gasteiger partial charge in [-0.05, 0) is 32.9 Å². The van der Waals surface area contributed by atoms with Gasteiger partial charge in [-0.2, -0.15) is 0 Å². The minimum Gasteiger partial charge on any atom is -0.385 e. The molecule has 0 aromatic rings. The quantitative estimate of drug-likeness (QED) is 0.409. The highest BCUT2D eigenvalue weighted by Gasteiger charge is 2.48. The fourth-order valence-electron chi connectivity index (χ4n) is 3.54. The van der Waals surface area contributed by atoms with Crippen molar-refractivity contribution in [2.75, 3.05) is 54.0 Å². The van der Waals surface area contributed by atoms with Crippen molar-refractivity contribution in [1.29, 1.82) is 0 Å². The molecule has 9 heteroatoms. The van der Waals surface area contributed by atoms with Crippen LogP contribution < -0.4 is 5.32 Å². The summed E-state index contributed by atoms with van der Waals surface area (Å²) in [7, 11) is 5.20. The molecule has 0 aromatic heterocycles. The molecule has 2 fully saturated rings. The number of carbonyl (C=O) groups excluding carboxylic acids is 3. The molecule has 2 saturated heterocycles. The van der Waals surface area contributed by atoms with Crippen LogP contribution in [0.25, 0.3) is 0 Å². The molecule has 142 valence electrons. The second kappa shape index (κ2) is 9.12. The minimum atomic E-state index is -0.515. The lowest BCUT2D eigenvalue weighted by Crippen LogP contribution is -2.74. The number of amides is 3. The van der Waals surface area contributed by atoms with Crippen LogP contribution in [-0.4, -0.2) is 104 Å².